The van der Waals surface area contributed by atoms with E-state index in [0.29, 0.717) is 21.8 Å². The van der Waals surface area contributed by atoms with Gasteiger partial charge in [-0.05, 0) is 35.9 Å². The number of hydrogen-bond donors (Lipinski definition) is 1. The number of amides is 1. The number of carbonyl (C=O) groups is 2. The van der Waals surface area contributed by atoms with Crippen LogP contribution in [0.15, 0.2) is 73.1 Å². The number of fused-ring (bicyclic) bond motifs is 1. The quantitative estimate of drug-likeness (QED) is 0.671. The van der Waals surface area contributed by atoms with Crippen LogP contribution in [0.3, 0.4) is 0 Å². The summed E-state index contributed by atoms with van der Waals surface area (Å²) in [6, 6.07) is 17.6. The number of hydrogen-bond acceptors (Lipinski definition) is 4. The number of Topliss-reactive ketones (excluding diaryl/α,β-unsaturated/α-hetero) is 1. The van der Waals surface area contributed by atoms with Gasteiger partial charge in [0.25, 0.3) is 5.91 Å². The van der Waals surface area contributed by atoms with Gasteiger partial charge in [-0.2, -0.15) is 0 Å². The fourth-order valence-corrected chi connectivity index (χ4v) is 3.65. The van der Waals surface area contributed by atoms with Gasteiger partial charge in [0, 0.05) is 28.5 Å². The molecule has 1 aliphatic rings. The van der Waals surface area contributed by atoms with Crippen LogP contribution in [0.5, 0.6) is 0 Å². The second-order valence-electron chi connectivity index (χ2n) is 6.74. The van der Waals surface area contributed by atoms with E-state index < -0.39 is 11.5 Å². The van der Waals surface area contributed by atoms with Crippen molar-refractivity contribution in [3.63, 3.8) is 0 Å². The number of aliphatic hydroxyl groups is 1. The Kier molecular flexibility index (Phi) is 4.71. The first-order chi connectivity index (χ1) is 13.5. The van der Waals surface area contributed by atoms with Crippen molar-refractivity contribution < 1.29 is 14.7 Å². The van der Waals surface area contributed by atoms with E-state index in [1.165, 1.54) is 11.1 Å². The number of aromatic nitrogens is 1. The molecular weight excluding hydrogens is 376 g/mol. The molecule has 5 nitrogen and oxygen atoms in total. The zero-order valence-corrected chi connectivity index (χ0v) is 15.6. The van der Waals surface area contributed by atoms with Crippen molar-refractivity contribution >= 4 is 29.0 Å². The fraction of sp³-hybridized carbons (Fsp3) is 0.136. The highest BCUT2D eigenvalue weighted by atomic mass is 35.5. The number of rotatable bonds is 5. The maximum absolute atomic E-state index is 13.2. The van der Waals surface area contributed by atoms with Gasteiger partial charge in [0.15, 0.2) is 11.4 Å². The molecule has 0 radical (unpaired) electrons. The van der Waals surface area contributed by atoms with Gasteiger partial charge in [-0.1, -0.05) is 41.9 Å². The second-order valence-corrected chi connectivity index (χ2v) is 7.18. The van der Waals surface area contributed by atoms with E-state index in [0.717, 1.165) is 5.56 Å². The number of ketones is 1. The molecule has 1 amide bonds. The predicted molar refractivity (Wildman–Crippen MR) is 106 cm³/mol. The largest absolute Gasteiger partial charge is 0.375 e. The van der Waals surface area contributed by atoms with E-state index in [4.69, 9.17) is 11.6 Å². The van der Waals surface area contributed by atoms with Crippen LogP contribution in [0, 0.1) is 0 Å². The van der Waals surface area contributed by atoms with Crippen LogP contribution in [0.1, 0.15) is 27.9 Å². The molecule has 3 aromatic rings. The predicted octanol–water partition coefficient (Wildman–Crippen LogP) is 3.74. The molecule has 28 heavy (non-hydrogen) atoms. The van der Waals surface area contributed by atoms with Crippen molar-refractivity contribution in [3.8, 4) is 0 Å². The van der Waals surface area contributed by atoms with Crippen LogP contribution < -0.4 is 4.90 Å². The third-order valence-electron chi connectivity index (χ3n) is 4.88. The third-order valence-corrected chi connectivity index (χ3v) is 5.11. The summed E-state index contributed by atoms with van der Waals surface area (Å²) in [5, 5.41) is 11.7. The minimum atomic E-state index is -1.97. The lowest BCUT2D eigenvalue weighted by atomic mass is 9.88. The van der Waals surface area contributed by atoms with Crippen molar-refractivity contribution in [2.45, 2.75) is 18.6 Å². The van der Waals surface area contributed by atoms with E-state index >= 15 is 0 Å². The van der Waals surface area contributed by atoms with Gasteiger partial charge in [-0.25, -0.2) is 0 Å². The lowest BCUT2D eigenvalue weighted by Crippen LogP contribution is -2.41. The van der Waals surface area contributed by atoms with Gasteiger partial charge in [-0.3, -0.25) is 14.6 Å². The molecule has 0 bridgehead atoms. The summed E-state index contributed by atoms with van der Waals surface area (Å²) in [6.07, 6.45) is 2.60. The minimum absolute atomic E-state index is 0.289. The van der Waals surface area contributed by atoms with Crippen molar-refractivity contribution in [3.05, 3.63) is 94.8 Å². The number of halogens is 1. The monoisotopic (exact) mass is 392 g/mol. The lowest BCUT2D eigenvalue weighted by molar-refractivity contribution is -0.136. The summed E-state index contributed by atoms with van der Waals surface area (Å²) in [5.41, 5.74) is 0.188. The first-order valence-corrected chi connectivity index (χ1v) is 9.18. The van der Waals surface area contributed by atoms with Crippen molar-refractivity contribution in [2.75, 3.05) is 4.90 Å². The highest BCUT2D eigenvalue weighted by molar-refractivity contribution is 6.31. The Balaban J connectivity index is 1.72. The van der Waals surface area contributed by atoms with Crippen LogP contribution in [-0.4, -0.2) is 21.8 Å². The Morgan fingerprint density at radius 2 is 1.89 bits per heavy atom. The molecule has 2 aromatic carbocycles. The SMILES string of the molecule is O=C(C[C@]1(O)C(=O)N(Cc2ccccc2)c2ccc(Cl)cc21)c1cccnc1. The van der Waals surface area contributed by atoms with Crippen LogP contribution in [0.2, 0.25) is 5.02 Å². The minimum Gasteiger partial charge on any atom is -0.375 e. The Bertz CT molecular complexity index is 1040. The molecule has 140 valence electrons. The molecule has 1 N–H and O–H groups in total. The van der Waals surface area contributed by atoms with Crippen LogP contribution >= 0.6 is 11.6 Å². The number of anilines is 1. The summed E-state index contributed by atoms with van der Waals surface area (Å²) >= 11 is 6.12. The van der Waals surface area contributed by atoms with Gasteiger partial charge in [-0.15, -0.1) is 0 Å². The molecule has 1 aliphatic heterocycles. The normalized spacial score (nSPS) is 18.2. The smallest absolute Gasteiger partial charge is 0.264 e. The number of nitrogens with zero attached hydrogens (tertiary/aromatic N) is 2. The topological polar surface area (TPSA) is 70.5 Å². The Morgan fingerprint density at radius 1 is 1.11 bits per heavy atom. The third kappa shape index (κ3) is 3.19. The first-order valence-electron chi connectivity index (χ1n) is 8.80. The second kappa shape index (κ2) is 7.19. The van der Waals surface area contributed by atoms with Crippen LogP contribution in [0.4, 0.5) is 5.69 Å². The molecule has 0 spiro atoms. The molecular formula is C22H17ClN2O3. The molecule has 2 heterocycles. The summed E-state index contributed by atoms with van der Waals surface area (Å²) in [7, 11) is 0. The summed E-state index contributed by atoms with van der Waals surface area (Å²) < 4.78 is 0. The highest BCUT2D eigenvalue weighted by Gasteiger charge is 2.51. The van der Waals surface area contributed by atoms with Gasteiger partial charge in [0.2, 0.25) is 0 Å². The Labute approximate surface area is 167 Å². The standard InChI is InChI=1S/C22H17ClN2O3/c23-17-8-9-19-18(11-17)22(28,12-20(26)16-7-4-10-24-13-16)21(27)25(19)14-15-5-2-1-3-6-15/h1-11,13,28H,12,14H2/t22-/m1/s1. The molecule has 4 rings (SSSR count). The van der Waals surface area contributed by atoms with Crippen LogP contribution in [-0.2, 0) is 16.9 Å². The van der Waals surface area contributed by atoms with Gasteiger partial charge >= 0.3 is 0 Å². The van der Waals surface area contributed by atoms with Gasteiger partial charge in [0.1, 0.15) is 0 Å². The van der Waals surface area contributed by atoms with Gasteiger partial charge in [0.05, 0.1) is 18.7 Å². The zero-order valence-electron chi connectivity index (χ0n) is 14.9. The molecule has 1 atom stereocenters. The molecule has 0 aliphatic carbocycles. The molecule has 0 unspecified atom stereocenters. The molecule has 0 saturated heterocycles. The number of carbonyl (C=O) groups excluding carboxylic acids is 2. The maximum Gasteiger partial charge on any atom is 0.264 e. The van der Waals surface area contributed by atoms with Crippen molar-refractivity contribution in [2.24, 2.45) is 0 Å². The summed E-state index contributed by atoms with van der Waals surface area (Å²) in [6.45, 7) is 0.289. The van der Waals surface area contributed by atoms with Crippen molar-refractivity contribution in [1.82, 2.24) is 4.98 Å². The zero-order chi connectivity index (χ0) is 19.7. The highest BCUT2D eigenvalue weighted by Crippen LogP contribution is 2.44. The Hall–Kier alpha value is -3.02. The maximum atomic E-state index is 13.2. The average molecular weight is 393 g/mol. The summed E-state index contributed by atoms with van der Waals surface area (Å²) in [5.74, 6) is -0.901. The molecule has 0 saturated carbocycles. The van der Waals surface area contributed by atoms with Crippen LogP contribution in [0.25, 0.3) is 0 Å². The van der Waals surface area contributed by atoms with Crippen molar-refractivity contribution in [1.29, 1.82) is 0 Å². The summed E-state index contributed by atoms with van der Waals surface area (Å²) in [4.78, 5) is 31.4. The average Bonchev–Trinajstić information content (AvgIpc) is 2.91. The fourth-order valence-electron chi connectivity index (χ4n) is 3.48. The van der Waals surface area contributed by atoms with E-state index in [-0.39, 0.29) is 18.7 Å². The lowest BCUT2D eigenvalue weighted by Gasteiger charge is -2.23. The Morgan fingerprint density at radius 3 is 2.61 bits per heavy atom. The van der Waals surface area contributed by atoms with E-state index in [1.807, 2.05) is 30.3 Å². The number of pyridine rings is 1. The molecule has 1 aromatic heterocycles. The van der Waals surface area contributed by atoms with E-state index in [9.17, 15) is 14.7 Å². The number of benzene rings is 2. The van der Waals surface area contributed by atoms with E-state index in [1.54, 1.807) is 36.5 Å². The van der Waals surface area contributed by atoms with E-state index in [2.05, 4.69) is 4.98 Å². The molecule has 0 fully saturated rings. The first kappa shape index (κ1) is 18.3. The molecule has 6 heteroatoms. The van der Waals surface area contributed by atoms with Gasteiger partial charge < -0.3 is 10.0 Å².